The first kappa shape index (κ1) is 10.6. The summed E-state index contributed by atoms with van der Waals surface area (Å²) in [5, 5.41) is 0.546. The number of carbonyl (C=O) groups is 1. The molecule has 0 saturated heterocycles. The van der Waals surface area contributed by atoms with Gasteiger partial charge in [-0.1, -0.05) is 29.3 Å². The fourth-order valence-corrected chi connectivity index (χ4v) is 1.10. The van der Waals surface area contributed by atoms with Crippen molar-refractivity contribution in [3.8, 4) is 5.75 Å². The quantitative estimate of drug-likeness (QED) is 0.450. The van der Waals surface area contributed by atoms with Crippen molar-refractivity contribution < 1.29 is 9.53 Å². The molecule has 5 heteroatoms. The van der Waals surface area contributed by atoms with E-state index in [4.69, 9.17) is 39.5 Å². The van der Waals surface area contributed by atoms with Crippen LogP contribution >= 0.6 is 34.8 Å². The van der Waals surface area contributed by atoms with Crippen LogP contribution in [-0.2, 0) is 4.79 Å². The number of hydrogen-bond donors (Lipinski definition) is 0. The van der Waals surface area contributed by atoms with Gasteiger partial charge in [0.1, 0.15) is 10.9 Å². The highest BCUT2D eigenvalue weighted by Gasteiger charge is 2.08. The molecule has 0 saturated carbocycles. The molecule has 1 rings (SSSR count). The van der Waals surface area contributed by atoms with Gasteiger partial charge in [-0.3, -0.25) is 4.79 Å². The average Bonchev–Trinajstić information content (AvgIpc) is 2.13. The molecule has 0 radical (unpaired) electrons. The maximum Gasteiger partial charge on any atom is 0.326 e. The Balaban J connectivity index is 2.89. The monoisotopic (exact) mass is 238 g/mol. The molecule has 13 heavy (non-hydrogen) atoms. The predicted octanol–water partition coefficient (Wildman–Crippen LogP) is 3.14. The van der Waals surface area contributed by atoms with Crippen LogP contribution in [0.1, 0.15) is 0 Å². The molecule has 0 fully saturated rings. The third-order valence-corrected chi connectivity index (χ3v) is 2.27. The second-order valence-electron chi connectivity index (χ2n) is 2.16. The Kier molecular flexibility index (Phi) is 3.85. The van der Waals surface area contributed by atoms with Crippen molar-refractivity contribution in [2.75, 3.05) is 5.88 Å². The summed E-state index contributed by atoms with van der Waals surface area (Å²) in [4.78, 5) is 10.8. The molecule has 0 aliphatic carbocycles. The minimum Gasteiger partial charge on any atom is -0.424 e. The first-order valence-electron chi connectivity index (χ1n) is 3.36. The third kappa shape index (κ3) is 2.76. The Morgan fingerprint density at radius 2 is 2.08 bits per heavy atom. The molecule has 0 spiro atoms. The summed E-state index contributed by atoms with van der Waals surface area (Å²) in [5.74, 6) is -0.561. The molecule has 0 atom stereocenters. The van der Waals surface area contributed by atoms with Crippen LogP contribution < -0.4 is 4.74 Å². The van der Waals surface area contributed by atoms with E-state index in [9.17, 15) is 4.79 Å². The van der Waals surface area contributed by atoms with Crippen molar-refractivity contribution in [2.45, 2.75) is 0 Å². The van der Waals surface area contributed by atoms with E-state index in [-0.39, 0.29) is 16.7 Å². The molecule has 0 aliphatic heterocycles. The number of alkyl halides is 1. The molecule has 0 amide bonds. The maximum absolute atomic E-state index is 10.8. The van der Waals surface area contributed by atoms with Gasteiger partial charge >= 0.3 is 5.97 Å². The second kappa shape index (κ2) is 4.70. The fraction of sp³-hybridized carbons (Fsp3) is 0.125. The van der Waals surface area contributed by atoms with E-state index < -0.39 is 5.97 Å². The Morgan fingerprint density at radius 3 is 2.69 bits per heavy atom. The zero-order valence-electron chi connectivity index (χ0n) is 6.39. The molecule has 1 aromatic carbocycles. The van der Waals surface area contributed by atoms with Crippen LogP contribution in [0.2, 0.25) is 10.0 Å². The summed E-state index contributed by atoms with van der Waals surface area (Å²) < 4.78 is 4.79. The lowest BCUT2D eigenvalue weighted by Crippen LogP contribution is -2.09. The lowest BCUT2D eigenvalue weighted by molar-refractivity contribution is -0.131. The van der Waals surface area contributed by atoms with Gasteiger partial charge < -0.3 is 4.74 Å². The molecule has 2 nitrogen and oxygen atoms in total. The Labute approximate surface area is 90.3 Å². The smallest absolute Gasteiger partial charge is 0.326 e. The molecule has 0 unspecified atom stereocenters. The molecule has 0 aromatic heterocycles. The highest BCUT2D eigenvalue weighted by Crippen LogP contribution is 2.31. The van der Waals surface area contributed by atoms with Gasteiger partial charge in [0.2, 0.25) is 0 Å². The normalized spacial score (nSPS) is 9.77. The zero-order chi connectivity index (χ0) is 9.84. The van der Waals surface area contributed by atoms with Crippen molar-refractivity contribution in [1.29, 1.82) is 0 Å². The Morgan fingerprint density at radius 1 is 1.38 bits per heavy atom. The molecule has 1 aromatic rings. The van der Waals surface area contributed by atoms with Gasteiger partial charge in [-0.05, 0) is 12.1 Å². The summed E-state index contributed by atoms with van der Waals surface area (Å²) in [5.41, 5.74) is 0. The number of esters is 1. The number of rotatable bonds is 2. The highest BCUT2D eigenvalue weighted by atomic mass is 35.5. The van der Waals surface area contributed by atoms with E-state index in [0.29, 0.717) is 5.02 Å². The summed E-state index contributed by atoms with van der Waals surface area (Å²) in [6, 6.07) is 4.77. The topological polar surface area (TPSA) is 26.3 Å². The average molecular weight is 239 g/mol. The number of carbonyl (C=O) groups excluding carboxylic acids is 1. The first-order valence-corrected chi connectivity index (χ1v) is 4.65. The minimum atomic E-state index is -0.564. The van der Waals surface area contributed by atoms with Crippen molar-refractivity contribution in [2.24, 2.45) is 0 Å². The van der Waals surface area contributed by atoms with Crippen molar-refractivity contribution in [3.05, 3.63) is 28.2 Å². The minimum absolute atomic E-state index is 0.211. The Bertz CT molecular complexity index is 325. The van der Waals surface area contributed by atoms with Crippen molar-refractivity contribution >= 4 is 40.8 Å². The van der Waals surface area contributed by atoms with Crippen LogP contribution in [0.4, 0.5) is 0 Å². The van der Waals surface area contributed by atoms with Gasteiger partial charge in [0.15, 0.2) is 5.75 Å². The van der Waals surface area contributed by atoms with E-state index in [1.54, 1.807) is 18.2 Å². The van der Waals surface area contributed by atoms with Crippen molar-refractivity contribution in [1.82, 2.24) is 0 Å². The van der Waals surface area contributed by atoms with Crippen molar-refractivity contribution in [3.63, 3.8) is 0 Å². The summed E-state index contributed by atoms with van der Waals surface area (Å²) in [7, 11) is 0. The SMILES string of the molecule is O=C(CCl)Oc1cccc(Cl)c1Cl. The van der Waals surface area contributed by atoms with Crippen LogP contribution in [0, 0.1) is 0 Å². The lowest BCUT2D eigenvalue weighted by atomic mass is 10.3. The molecular weight excluding hydrogens is 234 g/mol. The Hall–Kier alpha value is -0.440. The maximum atomic E-state index is 10.8. The fourth-order valence-electron chi connectivity index (χ4n) is 0.713. The molecule has 0 heterocycles. The van der Waals surface area contributed by atoms with E-state index in [1.807, 2.05) is 0 Å². The van der Waals surface area contributed by atoms with E-state index in [2.05, 4.69) is 0 Å². The van der Waals surface area contributed by atoms with Crippen LogP contribution in [-0.4, -0.2) is 11.8 Å². The summed E-state index contributed by atoms with van der Waals surface area (Å²) in [6.45, 7) is 0. The van der Waals surface area contributed by atoms with Crippen LogP contribution in [0.15, 0.2) is 18.2 Å². The van der Waals surface area contributed by atoms with Gasteiger partial charge in [0.05, 0.1) is 5.02 Å². The first-order chi connectivity index (χ1) is 6.15. The van der Waals surface area contributed by atoms with Crippen LogP contribution in [0.5, 0.6) is 5.75 Å². The standard InChI is InChI=1S/C8H5Cl3O2/c9-4-7(12)13-6-3-1-2-5(10)8(6)11/h1-3H,4H2. The summed E-state index contributed by atoms with van der Waals surface area (Å²) in [6.07, 6.45) is 0. The zero-order valence-corrected chi connectivity index (χ0v) is 8.66. The van der Waals surface area contributed by atoms with E-state index in [1.165, 1.54) is 0 Å². The number of benzene rings is 1. The third-order valence-electron chi connectivity index (χ3n) is 1.25. The molecular formula is C8H5Cl3O2. The molecule has 0 aliphatic rings. The van der Waals surface area contributed by atoms with Gasteiger partial charge in [-0.2, -0.15) is 0 Å². The van der Waals surface area contributed by atoms with Crippen LogP contribution in [0.25, 0.3) is 0 Å². The summed E-state index contributed by atoms with van der Waals surface area (Å²) >= 11 is 16.7. The lowest BCUT2D eigenvalue weighted by Gasteiger charge is -2.04. The van der Waals surface area contributed by atoms with Crippen LogP contribution in [0.3, 0.4) is 0 Å². The van der Waals surface area contributed by atoms with Gasteiger partial charge in [0, 0.05) is 0 Å². The number of halogens is 3. The van der Waals surface area contributed by atoms with E-state index >= 15 is 0 Å². The van der Waals surface area contributed by atoms with E-state index in [0.717, 1.165) is 0 Å². The molecule has 0 bridgehead atoms. The second-order valence-corrected chi connectivity index (χ2v) is 3.21. The molecule has 0 N–H and O–H groups in total. The predicted molar refractivity (Wildman–Crippen MR) is 52.8 cm³/mol. The highest BCUT2D eigenvalue weighted by molar-refractivity contribution is 6.43. The number of hydrogen-bond acceptors (Lipinski definition) is 2. The molecule has 70 valence electrons. The number of ether oxygens (including phenoxy) is 1. The van der Waals surface area contributed by atoms with Gasteiger partial charge in [-0.25, -0.2) is 0 Å². The van der Waals surface area contributed by atoms with Gasteiger partial charge in [-0.15, -0.1) is 11.6 Å². The largest absolute Gasteiger partial charge is 0.424 e. The van der Waals surface area contributed by atoms with Gasteiger partial charge in [0.25, 0.3) is 0 Å².